The first kappa shape index (κ1) is 20.1. The van der Waals surface area contributed by atoms with Crippen LogP contribution in [0.1, 0.15) is 12.5 Å². The number of hydrogen-bond donors (Lipinski definition) is 2. The average molecular weight is 395 g/mol. The van der Waals surface area contributed by atoms with Gasteiger partial charge in [-0.1, -0.05) is 17.7 Å². The zero-order valence-corrected chi connectivity index (χ0v) is 16.5. The number of carbonyl (C=O) groups is 1. The van der Waals surface area contributed by atoms with Crippen molar-refractivity contribution in [2.24, 2.45) is 0 Å². The molecule has 0 unspecified atom stereocenters. The molecular formula is C18H22N2O4S2. The van der Waals surface area contributed by atoms with E-state index in [2.05, 4.69) is 10.0 Å². The van der Waals surface area contributed by atoms with Crippen molar-refractivity contribution in [2.45, 2.75) is 18.7 Å². The normalized spacial score (nSPS) is 11.0. The molecule has 0 aliphatic rings. The molecule has 140 valence electrons. The molecule has 1 amide bonds. The third kappa shape index (κ3) is 5.96. The van der Waals surface area contributed by atoms with Crippen LogP contribution < -0.4 is 14.8 Å². The standard InChI is InChI=1S/C18H22N2O4S2/c1-4-26(22,23)20-16-10-7-14(11-17(16)24-3)19-18(21)12-25-15-8-5-13(2)6-9-15/h5-11,20H,4,12H2,1-3H3,(H,19,21). The Hall–Kier alpha value is -2.19. The number of amides is 1. The summed E-state index contributed by atoms with van der Waals surface area (Å²) in [5.74, 6) is 0.422. The van der Waals surface area contributed by atoms with Crippen molar-refractivity contribution in [1.29, 1.82) is 0 Å². The molecule has 0 aliphatic carbocycles. The first-order chi connectivity index (χ1) is 12.3. The molecule has 0 aliphatic heterocycles. The number of nitrogens with one attached hydrogen (secondary N) is 2. The molecular weight excluding hydrogens is 372 g/mol. The molecule has 6 nitrogen and oxygen atoms in total. The molecule has 8 heteroatoms. The summed E-state index contributed by atoms with van der Waals surface area (Å²) in [5.41, 5.74) is 2.04. The number of rotatable bonds is 8. The van der Waals surface area contributed by atoms with Gasteiger partial charge in [0.25, 0.3) is 0 Å². The summed E-state index contributed by atoms with van der Waals surface area (Å²) in [6.07, 6.45) is 0. The summed E-state index contributed by atoms with van der Waals surface area (Å²) in [6, 6.07) is 12.7. The molecule has 2 N–H and O–H groups in total. The molecule has 0 saturated heterocycles. The van der Waals surface area contributed by atoms with Crippen LogP contribution in [0.5, 0.6) is 5.75 Å². The van der Waals surface area contributed by atoms with Gasteiger partial charge in [0.15, 0.2) is 0 Å². The number of ether oxygens (including phenoxy) is 1. The SMILES string of the molecule is CCS(=O)(=O)Nc1ccc(NC(=O)CSc2ccc(C)cc2)cc1OC. The molecule has 2 aromatic rings. The number of carbonyl (C=O) groups excluding carboxylic acids is 1. The van der Waals surface area contributed by atoms with Gasteiger partial charge in [-0.2, -0.15) is 0 Å². The average Bonchev–Trinajstić information content (AvgIpc) is 2.62. The fraction of sp³-hybridized carbons (Fsp3) is 0.278. The van der Waals surface area contributed by atoms with E-state index in [4.69, 9.17) is 4.74 Å². The van der Waals surface area contributed by atoms with Gasteiger partial charge in [0.2, 0.25) is 15.9 Å². The number of hydrogen-bond acceptors (Lipinski definition) is 5. The Morgan fingerprint density at radius 2 is 1.85 bits per heavy atom. The van der Waals surface area contributed by atoms with Gasteiger partial charge in [0.05, 0.1) is 24.3 Å². The fourth-order valence-corrected chi connectivity index (χ4v) is 3.42. The summed E-state index contributed by atoms with van der Waals surface area (Å²) < 4.78 is 31.1. The second-order valence-corrected chi connectivity index (χ2v) is 8.63. The van der Waals surface area contributed by atoms with Crippen LogP contribution in [0.25, 0.3) is 0 Å². The van der Waals surface area contributed by atoms with Gasteiger partial charge in [-0.05, 0) is 38.1 Å². The third-order valence-electron chi connectivity index (χ3n) is 3.52. The van der Waals surface area contributed by atoms with Crippen LogP contribution >= 0.6 is 11.8 Å². The van der Waals surface area contributed by atoms with Crippen LogP contribution in [-0.4, -0.2) is 32.9 Å². The van der Waals surface area contributed by atoms with Gasteiger partial charge < -0.3 is 10.1 Å². The Morgan fingerprint density at radius 1 is 1.15 bits per heavy atom. The molecule has 2 rings (SSSR count). The van der Waals surface area contributed by atoms with Crippen molar-refractivity contribution in [3.8, 4) is 5.75 Å². The van der Waals surface area contributed by atoms with E-state index >= 15 is 0 Å². The van der Waals surface area contributed by atoms with E-state index in [1.54, 1.807) is 25.1 Å². The number of methoxy groups -OCH3 is 1. The second-order valence-electron chi connectivity index (χ2n) is 5.57. The highest BCUT2D eigenvalue weighted by Gasteiger charge is 2.12. The van der Waals surface area contributed by atoms with Crippen LogP contribution in [0.4, 0.5) is 11.4 Å². The maximum absolute atomic E-state index is 12.1. The molecule has 0 heterocycles. The molecule has 0 atom stereocenters. The first-order valence-corrected chi connectivity index (χ1v) is 10.6. The van der Waals surface area contributed by atoms with Crippen molar-refractivity contribution in [1.82, 2.24) is 0 Å². The number of anilines is 2. The van der Waals surface area contributed by atoms with Crippen molar-refractivity contribution in [2.75, 3.05) is 28.7 Å². The lowest BCUT2D eigenvalue weighted by molar-refractivity contribution is -0.113. The topological polar surface area (TPSA) is 84.5 Å². The van der Waals surface area contributed by atoms with E-state index in [0.29, 0.717) is 17.1 Å². The van der Waals surface area contributed by atoms with Crippen LogP contribution in [-0.2, 0) is 14.8 Å². The van der Waals surface area contributed by atoms with Crippen LogP contribution in [0, 0.1) is 6.92 Å². The molecule has 0 bridgehead atoms. The minimum Gasteiger partial charge on any atom is -0.494 e. The Labute approximate surface area is 158 Å². The van der Waals surface area contributed by atoms with E-state index < -0.39 is 10.0 Å². The van der Waals surface area contributed by atoms with Crippen molar-refractivity contribution < 1.29 is 17.9 Å². The van der Waals surface area contributed by atoms with Gasteiger partial charge in [0, 0.05) is 16.6 Å². The van der Waals surface area contributed by atoms with E-state index in [1.807, 2.05) is 31.2 Å². The molecule has 2 aromatic carbocycles. The maximum Gasteiger partial charge on any atom is 0.234 e. The highest BCUT2D eigenvalue weighted by atomic mass is 32.2. The van der Waals surface area contributed by atoms with Gasteiger partial charge >= 0.3 is 0 Å². The summed E-state index contributed by atoms with van der Waals surface area (Å²) in [5, 5.41) is 2.79. The van der Waals surface area contributed by atoms with Crippen LogP contribution in [0.3, 0.4) is 0 Å². The molecule has 0 radical (unpaired) electrons. The Kier molecular flexibility index (Phi) is 6.93. The Bertz CT molecular complexity index is 865. The zero-order chi connectivity index (χ0) is 19.2. The summed E-state index contributed by atoms with van der Waals surface area (Å²) >= 11 is 1.45. The quantitative estimate of drug-likeness (QED) is 0.670. The van der Waals surface area contributed by atoms with Crippen LogP contribution in [0.2, 0.25) is 0 Å². The van der Waals surface area contributed by atoms with Gasteiger partial charge in [-0.3, -0.25) is 9.52 Å². The minimum atomic E-state index is -3.40. The first-order valence-electron chi connectivity index (χ1n) is 8.01. The molecule has 0 saturated carbocycles. The number of benzene rings is 2. The molecule has 0 spiro atoms. The predicted molar refractivity (Wildman–Crippen MR) is 107 cm³/mol. The second kappa shape index (κ2) is 8.95. The lowest BCUT2D eigenvalue weighted by atomic mass is 10.2. The van der Waals surface area contributed by atoms with E-state index in [9.17, 15) is 13.2 Å². The van der Waals surface area contributed by atoms with Gasteiger partial charge in [-0.15, -0.1) is 11.8 Å². The summed E-state index contributed by atoms with van der Waals surface area (Å²) in [6.45, 7) is 3.56. The monoisotopic (exact) mass is 394 g/mol. The lowest BCUT2D eigenvalue weighted by Crippen LogP contribution is -2.16. The molecule has 26 heavy (non-hydrogen) atoms. The van der Waals surface area contributed by atoms with Gasteiger partial charge in [-0.25, -0.2) is 8.42 Å². The van der Waals surface area contributed by atoms with Crippen molar-refractivity contribution in [3.05, 3.63) is 48.0 Å². The molecule has 0 fully saturated rings. The lowest BCUT2D eigenvalue weighted by Gasteiger charge is -2.13. The number of sulfonamides is 1. The van der Waals surface area contributed by atoms with E-state index in [0.717, 1.165) is 4.90 Å². The number of aryl methyl sites for hydroxylation is 1. The maximum atomic E-state index is 12.1. The van der Waals surface area contributed by atoms with Crippen molar-refractivity contribution in [3.63, 3.8) is 0 Å². The fourth-order valence-electron chi connectivity index (χ4n) is 2.07. The van der Waals surface area contributed by atoms with Crippen LogP contribution in [0.15, 0.2) is 47.4 Å². The van der Waals surface area contributed by atoms with E-state index in [1.165, 1.54) is 24.4 Å². The highest BCUT2D eigenvalue weighted by Crippen LogP contribution is 2.29. The Balaban J connectivity index is 2.00. The van der Waals surface area contributed by atoms with E-state index in [-0.39, 0.29) is 17.4 Å². The van der Waals surface area contributed by atoms with Gasteiger partial charge in [0.1, 0.15) is 5.75 Å². The summed E-state index contributed by atoms with van der Waals surface area (Å²) in [7, 11) is -1.96. The number of thioether (sulfide) groups is 1. The molecule has 0 aromatic heterocycles. The minimum absolute atomic E-state index is 0.0368. The largest absolute Gasteiger partial charge is 0.494 e. The smallest absolute Gasteiger partial charge is 0.234 e. The predicted octanol–water partition coefficient (Wildman–Crippen LogP) is 3.50. The zero-order valence-electron chi connectivity index (χ0n) is 14.9. The van der Waals surface area contributed by atoms with Crippen molar-refractivity contribution >= 4 is 39.1 Å². The Morgan fingerprint density at radius 3 is 2.46 bits per heavy atom. The highest BCUT2D eigenvalue weighted by molar-refractivity contribution is 8.00. The summed E-state index contributed by atoms with van der Waals surface area (Å²) in [4.78, 5) is 13.1. The third-order valence-corrected chi connectivity index (χ3v) is 5.82.